The summed E-state index contributed by atoms with van der Waals surface area (Å²) in [6, 6.07) is 2.11. The van der Waals surface area contributed by atoms with Gasteiger partial charge in [0.15, 0.2) is 0 Å². The maximum Gasteiger partial charge on any atom is 0.410 e. The molecule has 1 unspecified atom stereocenters. The van der Waals surface area contributed by atoms with E-state index in [0.29, 0.717) is 49.7 Å². The molecule has 0 aromatic heterocycles. The van der Waals surface area contributed by atoms with Gasteiger partial charge in [0.05, 0.1) is 18.3 Å². The van der Waals surface area contributed by atoms with Gasteiger partial charge in [-0.3, -0.25) is 24.0 Å². The lowest BCUT2D eigenvalue weighted by molar-refractivity contribution is -0.141. The fourth-order valence-electron chi connectivity index (χ4n) is 8.36. The Kier molecular flexibility index (Phi) is 10.8. The van der Waals surface area contributed by atoms with Crippen molar-refractivity contribution in [2.24, 2.45) is 5.92 Å². The topological polar surface area (TPSA) is 181 Å². The van der Waals surface area contributed by atoms with Gasteiger partial charge >= 0.3 is 12.2 Å². The highest BCUT2D eigenvalue weighted by Gasteiger charge is 2.63. The molecule has 3 N–H and O–H groups in total. The molecule has 3 heterocycles. The van der Waals surface area contributed by atoms with Crippen LogP contribution in [0.2, 0.25) is 0 Å². The van der Waals surface area contributed by atoms with Crippen molar-refractivity contribution in [1.29, 1.82) is 0 Å². The molecule has 55 heavy (non-hydrogen) atoms. The van der Waals surface area contributed by atoms with Gasteiger partial charge in [-0.1, -0.05) is 37.1 Å². The molecule has 0 radical (unpaired) electrons. The zero-order chi connectivity index (χ0) is 39.1. The molecule has 300 valence electrons. The van der Waals surface area contributed by atoms with E-state index in [1.165, 1.54) is 21.9 Å². The van der Waals surface area contributed by atoms with Crippen molar-refractivity contribution in [2.45, 2.75) is 138 Å². The molecule has 4 fully saturated rings. The molecule has 14 nitrogen and oxygen atoms in total. The summed E-state index contributed by atoms with van der Waals surface area (Å²) in [6.45, 7) is -0.197. The van der Waals surface area contributed by atoms with E-state index in [1.54, 1.807) is 12.1 Å². The van der Waals surface area contributed by atoms with Crippen molar-refractivity contribution in [3.8, 4) is 0 Å². The maximum absolute atomic E-state index is 14.4. The third-order valence-electron chi connectivity index (χ3n) is 11.7. The second-order valence-corrected chi connectivity index (χ2v) is 17.7. The van der Waals surface area contributed by atoms with Gasteiger partial charge in [0, 0.05) is 37.3 Å². The number of fused-ring (bicyclic) bond motifs is 3. The lowest BCUT2D eigenvalue weighted by Crippen LogP contribution is -2.59. The average Bonchev–Trinajstić information content (AvgIpc) is 3.53. The Balaban J connectivity index is 1.12. The van der Waals surface area contributed by atoms with E-state index < -0.39 is 99.4 Å². The number of carbonyl (C=O) groups is 5. The molecule has 1 aromatic carbocycles. The number of rotatable bonds is 6. The zero-order valence-electron chi connectivity index (χ0n) is 30.3. The molecule has 0 bridgehead atoms. The van der Waals surface area contributed by atoms with Crippen LogP contribution in [0.15, 0.2) is 30.4 Å². The first-order valence-corrected chi connectivity index (χ1v) is 20.6. The van der Waals surface area contributed by atoms with E-state index >= 15 is 0 Å². The van der Waals surface area contributed by atoms with Crippen LogP contribution in [0.1, 0.15) is 94.6 Å². The molecule has 3 aliphatic heterocycles. The third kappa shape index (κ3) is 8.43. The van der Waals surface area contributed by atoms with Gasteiger partial charge in [-0.2, -0.15) is 0 Å². The molecule has 7 rings (SSSR count). The van der Waals surface area contributed by atoms with E-state index in [4.69, 9.17) is 9.47 Å². The van der Waals surface area contributed by atoms with Crippen LogP contribution in [0.3, 0.4) is 0 Å². The van der Waals surface area contributed by atoms with Crippen LogP contribution in [-0.2, 0) is 47.0 Å². The number of hydrogen-bond donors (Lipinski definition) is 3. The van der Waals surface area contributed by atoms with E-state index in [0.717, 1.165) is 12.8 Å². The van der Waals surface area contributed by atoms with Crippen LogP contribution in [0.5, 0.6) is 0 Å². The summed E-state index contributed by atoms with van der Waals surface area (Å²) in [5.41, 5.74) is -0.783. The standard InChI is InChI=1S/C37H46F3N5O9S/c38-28-13-8-9-22-19-44(21-27(22)28)35(50)54-25-15-30-31(46)42-37(33(48)43-55(51,52)26-17-36(39,40)18-26)16-23(37)10-4-2-1-3-5-14-29(32(47)45(30)20-25)41-34(49)53-24-11-6-7-12-24/h4,8-10,13,23-26,29-30H,1-3,5-7,11-12,14-21H2,(H,41,49)(H,42,46)(H,43,48)/b10-4-/t23-,25+,29-,30?,37+/m0/s1. The Hall–Kier alpha value is -4.35. The molecule has 1 aromatic rings. The molecule has 3 aliphatic carbocycles. The Labute approximate surface area is 316 Å². The highest BCUT2D eigenvalue weighted by Crippen LogP contribution is 2.47. The minimum Gasteiger partial charge on any atom is -0.446 e. The Bertz CT molecular complexity index is 1850. The number of halogens is 3. The number of amides is 5. The number of ether oxygens (including phenoxy) is 2. The number of carbonyl (C=O) groups excluding carboxylic acids is 5. The van der Waals surface area contributed by atoms with Crippen molar-refractivity contribution in [3.63, 3.8) is 0 Å². The van der Waals surface area contributed by atoms with E-state index in [-0.39, 0.29) is 45.0 Å². The summed E-state index contributed by atoms with van der Waals surface area (Å²) in [4.78, 5) is 71.2. The van der Waals surface area contributed by atoms with Crippen molar-refractivity contribution in [3.05, 3.63) is 47.3 Å². The molecule has 1 saturated heterocycles. The number of alkyl carbamates (subject to hydrolysis) is 1. The summed E-state index contributed by atoms with van der Waals surface area (Å²) >= 11 is 0. The predicted molar refractivity (Wildman–Crippen MR) is 188 cm³/mol. The van der Waals surface area contributed by atoms with Crippen LogP contribution in [0.4, 0.5) is 22.8 Å². The van der Waals surface area contributed by atoms with E-state index in [1.807, 2.05) is 10.8 Å². The lowest BCUT2D eigenvalue weighted by Gasteiger charge is -2.34. The number of sulfonamides is 1. The van der Waals surface area contributed by atoms with Crippen LogP contribution >= 0.6 is 0 Å². The van der Waals surface area contributed by atoms with Gasteiger partial charge < -0.3 is 25.0 Å². The van der Waals surface area contributed by atoms with Crippen molar-refractivity contribution >= 4 is 39.9 Å². The summed E-state index contributed by atoms with van der Waals surface area (Å²) in [5, 5.41) is 3.90. The summed E-state index contributed by atoms with van der Waals surface area (Å²) in [5.74, 6) is -6.79. The number of nitrogens with zero attached hydrogens (tertiary/aromatic N) is 2. The average molecular weight is 794 g/mol. The van der Waals surface area contributed by atoms with Crippen molar-refractivity contribution in [1.82, 2.24) is 25.2 Å². The Morgan fingerprint density at radius 1 is 0.927 bits per heavy atom. The van der Waals surface area contributed by atoms with Gasteiger partial charge in [-0.15, -0.1) is 0 Å². The molecular formula is C37H46F3N5O9S. The smallest absolute Gasteiger partial charge is 0.410 e. The Morgan fingerprint density at radius 2 is 1.67 bits per heavy atom. The molecule has 0 spiro atoms. The third-order valence-corrected chi connectivity index (χ3v) is 13.4. The van der Waals surface area contributed by atoms with Gasteiger partial charge in [-0.05, 0) is 63.0 Å². The summed E-state index contributed by atoms with van der Waals surface area (Å²) in [6.07, 6.45) is 4.61. The Morgan fingerprint density at radius 3 is 2.40 bits per heavy atom. The van der Waals surface area contributed by atoms with E-state index in [2.05, 4.69) is 10.6 Å². The molecule has 5 amide bonds. The normalized spacial score (nSPS) is 30.4. The van der Waals surface area contributed by atoms with Crippen LogP contribution in [0.25, 0.3) is 0 Å². The van der Waals surface area contributed by atoms with Crippen molar-refractivity contribution in [2.75, 3.05) is 6.54 Å². The fourth-order valence-corrected chi connectivity index (χ4v) is 9.89. The monoisotopic (exact) mass is 793 g/mol. The molecular weight excluding hydrogens is 747 g/mol. The second kappa shape index (κ2) is 15.3. The van der Waals surface area contributed by atoms with Crippen molar-refractivity contribution < 1.29 is 55.0 Å². The maximum atomic E-state index is 14.4. The van der Waals surface area contributed by atoms with Gasteiger partial charge in [0.1, 0.15) is 35.6 Å². The minimum atomic E-state index is -4.50. The van der Waals surface area contributed by atoms with Gasteiger partial charge in [0.2, 0.25) is 21.8 Å². The lowest BCUT2D eigenvalue weighted by atomic mass is 9.94. The zero-order valence-corrected chi connectivity index (χ0v) is 31.1. The SMILES string of the molecule is O=C(N[C@H]1CCCCC/C=C\[C@H]2C[C@@]2(C(=O)NS(=O)(=O)C2CC(F)(F)C2)NC(=O)C2C[C@@H](OC(=O)N3Cc4cccc(F)c4C3)CN2C1=O)OC1CCCC1. The second-order valence-electron chi connectivity index (χ2n) is 15.7. The number of nitrogens with one attached hydrogen (secondary N) is 3. The van der Waals surface area contributed by atoms with Crippen LogP contribution < -0.4 is 15.4 Å². The highest BCUT2D eigenvalue weighted by molar-refractivity contribution is 7.90. The molecule has 3 saturated carbocycles. The molecule has 5 atom stereocenters. The van der Waals surface area contributed by atoms with Gasteiger partial charge in [-0.25, -0.2) is 31.2 Å². The first-order chi connectivity index (χ1) is 26.1. The number of alkyl halides is 2. The molecule has 6 aliphatic rings. The van der Waals surface area contributed by atoms with Crippen LogP contribution in [-0.4, -0.2) is 95.7 Å². The largest absolute Gasteiger partial charge is 0.446 e. The summed E-state index contributed by atoms with van der Waals surface area (Å²) < 4.78 is 80.7. The number of allylic oxidation sites excluding steroid dienone is 1. The molecule has 18 heteroatoms. The first-order valence-electron chi connectivity index (χ1n) is 19.1. The minimum absolute atomic E-state index is 0.0137. The predicted octanol–water partition coefficient (Wildman–Crippen LogP) is 3.92. The van der Waals surface area contributed by atoms with E-state index in [9.17, 15) is 45.6 Å². The quantitative estimate of drug-likeness (QED) is 0.360. The summed E-state index contributed by atoms with van der Waals surface area (Å²) in [7, 11) is -4.50. The fraction of sp³-hybridized carbons (Fsp3) is 0.649. The number of hydrogen-bond acceptors (Lipinski definition) is 9. The van der Waals surface area contributed by atoms with Crippen LogP contribution in [0, 0.1) is 11.7 Å². The highest BCUT2D eigenvalue weighted by atomic mass is 32.2. The number of benzene rings is 1. The first kappa shape index (κ1) is 38.9. The van der Waals surface area contributed by atoms with Gasteiger partial charge in [0.25, 0.3) is 11.8 Å².